The van der Waals surface area contributed by atoms with Crippen LogP contribution in [0.2, 0.25) is 0 Å². The van der Waals surface area contributed by atoms with Crippen molar-refractivity contribution < 1.29 is 33.0 Å². The molecule has 1 rings (SSSR count). The maximum atomic E-state index is 13.1. The van der Waals surface area contributed by atoms with Gasteiger partial charge in [-0.2, -0.15) is 0 Å². The van der Waals surface area contributed by atoms with Gasteiger partial charge in [-0.3, -0.25) is 4.79 Å². The van der Waals surface area contributed by atoms with E-state index in [-0.39, 0.29) is 18.4 Å². The summed E-state index contributed by atoms with van der Waals surface area (Å²) in [6.45, 7) is 4.86. The smallest absolute Gasteiger partial charge is 0.408 e. The summed E-state index contributed by atoms with van der Waals surface area (Å²) in [5.74, 6) is -4.14. The molecule has 24 heavy (non-hydrogen) atoms. The molecular weight excluding hydrogens is 324 g/mol. The highest BCUT2D eigenvalue weighted by Gasteiger charge is 2.24. The lowest BCUT2D eigenvalue weighted by molar-refractivity contribution is -0.139. The number of alkyl carbamates (subject to hydrolysis) is 1. The molecule has 0 saturated heterocycles. The average Bonchev–Trinajstić information content (AvgIpc) is 2.43. The van der Waals surface area contributed by atoms with Crippen LogP contribution in [0.1, 0.15) is 44.0 Å². The summed E-state index contributed by atoms with van der Waals surface area (Å²) in [7, 11) is 0. The summed E-state index contributed by atoms with van der Waals surface area (Å²) in [6, 6.07) is 1.33. The molecule has 6 nitrogen and oxygen atoms in total. The van der Waals surface area contributed by atoms with Gasteiger partial charge in [0.1, 0.15) is 11.6 Å². The Bertz CT molecular complexity index is 640. The summed E-state index contributed by atoms with van der Waals surface area (Å²) in [5, 5.41) is 11.2. The van der Waals surface area contributed by atoms with E-state index in [1.165, 1.54) is 0 Å². The quantitative estimate of drug-likeness (QED) is 0.775. The highest BCUT2D eigenvalue weighted by molar-refractivity contribution is 5.96. The molecule has 0 bridgehead atoms. The van der Waals surface area contributed by atoms with Crippen LogP contribution in [0, 0.1) is 11.6 Å². The number of nitrogens with one attached hydrogen (secondary N) is 1. The third kappa shape index (κ3) is 6.31. The Labute approximate surface area is 137 Å². The number of amides is 1. The Morgan fingerprint density at radius 2 is 1.83 bits per heavy atom. The number of ether oxygens (including phenoxy) is 1. The van der Waals surface area contributed by atoms with Crippen LogP contribution in [0.3, 0.4) is 0 Å². The van der Waals surface area contributed by atoms with E-state index in [1.54, 1.807) is 20.8 Å². The van der Waals surface area contributed by atoms with Gasteiger partial charge in [0.2, 0.25) is 0 Å². The first kappa shape index (κ1) is 19.5. The number of ketones is 1. The Morgan fingerprint density at radius 1 is 1.21 bits per heavy atom. The lowest BCUT2D eigenvalue weighted by atomic mass is 10.0. The molecule has 0 aliphatic heterocycles. The fourth-order valence-corrected chi connectivity index (χ4v) is 1.80. The highest BCUT2D eigenvalue weighted by Crippen LogP contribution is 2.13. The van der Waals surface area contributed by atoms with Crippen LogP contribution in [-0.4, -0.2) is 34.6 Å². The SMILES string of the molecule is CC(C)(C)OC(=O)N[C@H](CCC(=O)c1ccc(F)c(F)c1)C(=O)O. The molecular formula is C16H19F2NO5. The van der Waals surface area contributed by atoms with Crippen LogP contribution in [0.4, 0.5) is 13.6 Å². The molecule has 0 radical (unpaired) electrons. The first-order chi connectivity index (χ1) is 11.0. The standard InChI is InChI=1S/C16H19F2NO5/c1-16(2,3)24-15(23)19-12(14(21)22)6-7-13(20)9-4-5-10(17)11(18)8-9/h4-5,8,12H,6-7H2,1-3H3,(H,19,23)(H,21,22)/t12-/m1/s1. The Hall–Kier alpha value is -2.51. The second kappa shape index (κ2) is 7.85. The number of hydrogen-bond acceptors (Lipinski definition) is 4. The molecule has 1 atom stereocenters. The molecule has 2 N–H and O–H groups in total. The third-order valence-electron chi connectivity index (χ3n) is 2.89. The molecule has 0 spiro atoms. The largest absolute Gasteiger partial charge is 0.480 e. The van der Waals surface area contributed by atoms with E-state index in [2.05, 4.69) is 5.32 Å². The Balaban J connectivity index is 2.66. The molecule has 8 heteroatoms. The number of hydrogen-bond donors (Lipinski definition) is 2. The van der Waals surface area contributed by atoms with Crippen molar-refractivity contribution in [3.8, 4) is 0 Å². The molecule has 1 aromatic carbocycles. The lowest BCUT2D eigenvalue weighted by Crippen LogP contribution is -2.43. The van der Waals surface area contributed by atoms with Gasteiger partial charge in [0.05, 0.1) is 0 Å². The summed E-state index contributed by atoms with van der Waals surface area (Å²) in [5.41, 5.74) is -0.871. The van der Waals surface area contributed by atoms with Crippen LogP contribution in [0.5, 0.6) is 0 Å². The first-order valence-electron chi connectivity index (χ1n) is 7.20. The van der Waals surface area contributed by atoms with Gasteiger partial charge in [-0.25, -0.2) is 18.4 Å². The summed E-state index contributed by atoms with van der Waals surface area (Å²) in [4.78, 5) is 34.7. The Kier molecular flexibility index (Phi) is 6.39. The van der Waals surface area contributed by atoms with Crippen molar-refractivity contribution in [2.75, 3.05) is 0 Å². The van der Waals surface area contributed by atoms with Gasteiger partial charge in [-0.15, -0.1) is 0 Å². The molecule has 0 saturated carbocycles. The van der Waals surface area contributed by atoms with E-state index in [4.69, 9.17) is 9.84 Å². The summed E-state index contributed by atoms with van der Waals surface area (Å²) < 4.78 is 30.9. The topological polar surface area (TPSA) is 92.7 Å². The molecule has 0 heterocycles. The maximum absolute atomic E-state index is 13.1. The van der Waals surface area contributed by atoms with Crippen molar-refractivity contribution in [2.45, 2.75) is 45.3 Å². The Morgan fingerprint density at radius 3 is 2.33 bits per heavy atom. The van der Waals surface area contributed by atoms with Crippen molar-refractivity contribution in [3.63, 3.8) is 0 Å². The summed E-state index contributed by atoms with van der Waals surface area (Å²) in [6.07, 6.45) is -1.40. The second-order valence-corrected chi connectivity index (χ2v) is 6.13. The molecule has 0 aromatic heterocycles. The average molecular weight is 343 g/mol. The predicted octanol–water partition coefficient (Wildman–Crippen LogP) is 2.91. The number of carbonyl (C=O) groups is 3. The van der Waals surface area contributed by atoms with Crippen LogP contribution in [-0.2, 0) is 9.53 Å². The minimum atomic E-state index is -1.34. The van der Waals surface area contributed by atoms with E-state index in [0.717, 1.165) is 18.2 Å². The number of carboxylic acid groups (broad SMARTS) is 1. The van der Waals surface area contributed by atoms with Gasteiger partial charge >= 0.3 is 12.1 Å². The third-order valence-corrected chi connectivity index (χ3v) is 2.89. The van der Waals surface area contributed by atoms with Gasteiger partial charge in [0.15, 0.2) is 17.4 Å². The van der Waals surface area contributed by atoms with E-state index < -0.39 is 41.1 Å². The van der Waals surface area contributed by atoms with Gasteiger partial charge in [-0.1, -0.05) is 0 Å². The number of carbonyl (C=O) groups excluding carboxylic acids is 2. The van der Waals surface area contributed by atoms with E-state index in [0.29, 0.717) is 0 Å². The molecule has 0 aliphatic carbocycles. The number of halogens is 2. The van der Waals surface area contributed by atoms with E-state index in [1.807, 2.05) is 0 Å². The number of benzene rings is 1. The minimum Gasteiger partial charge on any atom is -0.480 e. The van der Waals surface area contributed by atoms with Crippen molar-refractivity contribution in [2.24, 2.45) is 0 Å². The fraction of sp³-hybridized carbons (Fsp3) is 0.438. The van der Waals surface area contributed by atoms with Gasteiger partial charge in [0.25, 0.3) is 0 Å². The summed E-state index contributed by atoms with van der Waals surface area (Å²) >= 11 is 0. The van der Waals surface area contributed by atoms with E-state index >= 15 is 0 Å². The maximum Gasteiger partial charge on any atom is 0.408 e. The normalized spacial score (nSPS) is 12.4. The first-order valence-corrected chi connectivity index (χ1v) is 7.20. The van der Waals surface area contributed by atoms with Crippen molar-refractivity contribution in [1.29, 1.82) is 0 Å². The zero-order chi connectivity index (χ0) is 18.5. The minimum absolute atomic E-state index is 0.0738. The fourth-order valence-electron chi connectivity index (χ4n) is 1.80. The predicted molar refractivity (Wildman–Crippen MR) is 80.7 cm³/mol. The van der Waals surface area contributed by atoms with Crippen LogP contribution >= 0.6 is 0 Å². The molecule has 1 aromatic rings. The zero-order valence-electron chi connectivity index (χ0n) is 13.6. The van der Waals surface area contributed by atoms with Crippen molar-refractivity contribution in [1.82, 2.24) is 5.32 Å². The molecule has 0 unspecified atom stereocenters. The monoisotopic (exact) mass is 343 g/mol. The molecule has 132 valence electrons. The van der Waals surface area contributed by atoms with Crippen LogP contribution < -0.4 is 5.32 Å². The van der Waals surface area contributed by atoms with Crippen LogP contribution in [0.15, 0.2) is 18.2 Å². The molecule has 0 fully saturated rings. The van der Waals surface area contributed by atoms with Crippen molar-refractivity contribution >= 4 is 17.8 Å². The second-order valence-electron chi connectivity index (χ2n) is 6.13. The number of carboxylic acids is 1. The highest BCUT2D eigenvalue weighted by atomic mass is 19.2. The van der Waals surface area contributed by atoms with Crippen LogP contribution in [0.25, 0.3) is 0 Å². The lowest BCUT2D eigenvalue weighted by Gasteiger charge is -2.21. The number of rotatable bonds is 6. The number of Topliss-reactive ketones (excluding diaryl/α,β-unsaturated/α-hetero) is 1. The van der Waals surface area contributed by atoms with Crippen molar-refractivity contribution in [3.05, 3.63) is 35.4 Å². The molecule has 1 amide bonds. The number of aliphatic carboxylic acids is 1. The molecule has 0 aliphatic rings. The van der Waals surface area contributed by atoms with Gasteiger partial charge in [-0.05, 0) is 45.4 Å². The zero-order valence-corrected chi connectivity index (χ0v) is 13.6. The van der Waals surface area contributed by atoms with Gasteiger partial charge < -0.3 is 15.2 Å². The van der Waals surface area contributed by atoms with Gasteiger partial charge in [0, 0.05) is 12.0 Å². The van der Waals surface area contributed by atoms with E-state index in [9.17, 15) is 23.2 Å².